The number of rotatable bonds is 3. The second-order valence-electron chi connectivity index (χ2n) is 4.11. The Balaban J connectivity index is 2.22. The van der Waals surface area contributed by atoms with Crippen molar-refractivity contribution in [3.8, 4) is 0 Å². The van der Waals surface area contributed by atoms with Gasteiger partial charge in [-0.25, -0.2) is 0 Å². The predicted octanol–water partition coefficient (Wildman–Crippen LogP) is 2.20. The zero-order valence-corrected chi connectivity index (χ0v) is 9.85. The molecule has 1 aromatic carbocycles. The van der Waals surface area contributed by atoms with Crippen LogP contribution in [0.25, 0.3) is 6.08 Å². The van der Waals surface area contributed by atoms with E-state index in [0.29, 0.717) is 6.42 Å². The van der Waals surface area contributed by atoms with Gasteiger partial charge in [0.15, 0.2) is 0 Å². The van der Waals surface area contributed by atoms with Crippen LogP contribution in [-0.4, -0.2) is 18.7 Å². The first-order chi connectivity index (χ1) is 8.22. The monoisotopic (exact) mass is 229 g/mol. The van der Waals surface area contributed by atoms with Crippen LogP contribution in [0.3, 0.4) is 0 Å². The van der Waals surface area contributed by atoms with E-state index < -0.39 is 0 Å². The Morgan fingerprint density at radius 2 is 2.29 bits per heavy atom. The first kappa shape index (κ1) is 11.6. The van der Waals surface area contributed by atoms with Crippen molar-refractivity contribution in [3.05, 3.63) is 35.4 Å². The summed E-state index contributed by atoms with van der Waals surface area (Å²) in [4.78, 5) is 23.4. The van der Waals surface area contributed by atoms with Crippen LogP contribution in [0.4, 0.5) is 5.69 Å². The van der Waals surface area contributed by atoms with Gasteiger partial charge in [0.2, 0.25) is 5.91 Å². The van der Waals surface area contributed by atoms with Gasteiger partial charge in [-0.05, 0) is 29.7 Å². The minimum Gasteiger partial charge on any atom is -0.312 e. The van der Waals surface area contributed by atoms with Crippen LogP contribution >= 0.6 is 0 Å². The molecule has 0 saturated carbocycles. The molecular formula is C14H15NO2. The van der Waals surface area contributed by atoms with Crippen LogP contribution in [-0.2, 0) is 16.0 Å². The fraction of sp³-hybridized carbons (Fsp3) is 0.286. The van der Waals surface area contributed by atoms with Gasteiger partial charge in [-0.3, -0.25) is 4.79 Å². The molecule has 1 amide bonds. The maximum atomic E-state index is 11.4. The number of fused-ring (bicyclic) bond motifs is 1. The van der Waals surface area contributed by atoms with Crippen LogP contribution in [0.5, 0.6) is 0 Å². The van der Waals surface area contributed by atoms with Gasteiger partial charge < -0.3 is 9.69 Å². The maximum Gasteiger partial charge on any atom is 0.223 e. The van der Waals surface area contributed by atoms with Gasteiger partial charge in [-0.2, -0.15) is 0 Å². The van der Waals surface area contributed by atoms with Gasteiger partial charge in [0.05, 0.1) is 0 Å². The molecule has 0 fully saturated rings. The Morgan fingerprint density at radius 1 is 1.47 bits per heavy atom. The topological polar surface area (TPSA) is 37.4 Å². The third-order valence-corrected chi connectivity index (χ3v) is 2.92. The summed E-state index contributed by atoms with van der Waals surface area (Å²) >= 11 is 0. The van der Waals surface area contributed by atoms with Crippen LogP contribution in [0.1, 0.15) is 24.5 Å². The molecule has 2 rings (SSSR count). The van der Waals surface area contributed by atoms with Gasteiger partial charge >= 0.3 is 0 Å². The van der Waals surface area contributed by atoms with E-state index in [2.05, 4.69) is 6.07 Å². The molecule has 0 atom stereocenters. The van der Waals surface area contributed by atoms with E-state index in [0.717, 1.165) is 30.5 Å². The van der Waals surface area contributed by atoms with E-state index in [1.807, 2.05) is 24.3 Å². The number of allylic oxidation sites excluding steroid dienone is 1. The molecule has 0 N–H and O–H groups in total. The largest absolute Gasteiger partial charge is 0.312 e. The molecule has 0 radical (unpaired) electrons. The first-order valence-electron chi connectivity index (χ1n) is 5.73. The summed E-state index contributed by atoms with van der Waals surface area (Å²) in [5.41, 5.74) is 3.30. The number of amides is 1. The summed E-state index contributed by atoms with van der Waals surface area (Å²) in [7, 11) is 0. The minimum atomic E-state index is 0.0907. The highest BCUT2D eigenvalue weighted by molar-refractivity contribution is 5.93. The number of hydrogen-bond acceptors (Lipinski definition) is 2. The van der Waals surface area contributed by atoms with E-state index in [1.165, 1.54) is 5.56 Å². The molecule has 1 aliphatic heterocycles. The molecule has 0 unspecified atom stereocenters. The number of nitrogens with zero attached hydrogens (tertiary/aromatic N) is 1. The zero-order chi connectivity index (χ0) is 12.3. The maximum absolute atomic E-state index is 11.4. The second kappa shape index (κ2) is 4.95. The molecule has 17 heavy (non-hydrogen) atoms. The van der Waals surface area contributed by atoms with Gasteiger partial charge in [0, 0.05) is 25.6 Å². The summed E-state index contributed by atoms with van der Waals surface area (Å²) < 4.78 is 0. The second-order valence-corrected chi connectivity index (χ2v) is 4.11. The van der Waals surface area contributed by atoms with Gasteiger partial charge in [0.1, 0.15) is 6.29 Å². The number of carbonyl (C=O) groups is 2. The van der Waals surface area contributed by atoms with E-state index in [-0.39, 0.29) is 5.91 Å². The lowest BCUT2D eigenvalue weighted by Gasteiger charge is -2.14. The van der Waals surface area contributed by atoms with Gasteiger partial charge in [-0.1, -0.05) is 18.2 Å². The molecule has 0 spiro atoms. The van der Waals surface area contributed by atoms with Crippen molar-refractivity contribution in [2.24, 2.45) is 0 Å². The molecule has 0 aromatic heterocycles. The predicted molar refractivity (Wildman–Crippen MR) is 67.9 cm³/mol. The van der Waals surface area contributed by atoms with Crippen molar-refractivity contribution in [2.75, 3.05) is 11.4 Å². The Hall–Kier alpha value is -1.90. The quantitative estimate of drug-likeness (QED) is 0.745. The van der Waals surface area contributed by atoms with Crippen LogP contribution in [0.15, 0.2) is 24.3 Å². The van der Waals surface area contributed by atoms with Gasteiger partial charge in [0.25, 0.3) is 0 Å². The molecule has 0 aliphatic carbocycles. The SMILES string of the molecule is CC(=O)N1CCc2cc(C=CCC=O)ccc21. The van der Waals surface area contributed by atoms with Crippen molar-refractivity contribution >= 4 is 24.0 Å². The molecule has 88 valence electrons. The Kier molecular flexibility index (Phi) is 3.38. The molecule has 1 aromatic rings. The van der Waals surface area contributed by atoms with Crippen LogP contribution < -0.4 is 4.90 Å². The number of aldehydes is 1. The molecule has 3 heteroatoms. The fourth-order valence-electron chi connectivity index (χ4n) is 2.11. The summed E-state index contributed by atoms with van der Waals surface area (Å²) in [5, 5.41) is 0. The average molecular weight is 229 g/mol. The minimum absolute atomic E-state index is 0.0907. The Morgan fingerprint density at radius 3 is 3.00 bits per heavy atom. The molecule has 0 saturated heterocycles. The normalized spacial score (nSPS) is 14.1. The standard InChI is InChI=1S/C14H15NO2/c1-11(17)15-8-7-13-10-12(4-2-3-9-16)5-6-14(13)15/h2,4-6,9-10H,3,7-8H2,1H3. The summed E-state index contributed by atoms with van der Waals surface area (Å²) in [6, 6.07) is 6.03. The average Bonchev–Trinajstić information content (AvgIpc) is 2.72. The number of anilines is 1. The van der Waals surface area contributed by atoms with Crippen LogP contribution in [0.2, 0.25) is 0 Å². The van der Waals surface area contributed by atoms with Gasteiger partial charge in [-0.15, -0.1) is 0 Å². The van der Waals surface area contributed by atoms with Crippen LogP contribution in [0, 0.1) is 0 Å². The van der Waals surface area contributed by atoms with Crippen molar-refractivity contribution in [1.29, 1.82) is 0 Å². The summed E-state index contributed by atoms with van der Waals surface area (Å²) in [6.45, 7) is 2.36. The molecule has 0 bridgehead atoms. The molecule has 1 heterocycles. The summed E-state index contributed by atoms with van der Waals surface area (Å²) in [5.74, 6) is 0.0907. The third-order valence-electron chi connectivity index (χ3n) is 2.92. The fourth-order valence-corrected chi connectivity index (χ4v) is 2.11. The zero-order valence-electron chi connectivity index (χ0n) is 9.85. The highest BCUT2D eigenvalue weighted by Crippen LogP contribution is 2.29. The van der Waals surface area contributed by atoms with Crippen molar-refractivity contribution in [2.45, 2.75) is 19.8 Å². The highest BCUT2D eigenvalue weighted by atomic mass is 16.2. The summed E-state index contributed by atoms with van der Waals surface area (Å²) in [6.07, 6.45) is 6.00. The van der Waals surface area contributed by atoms with E-state index in [1.54, 1.807) is 11.8 Å². The number of carbonyl (C=O) groups excluding carboxylic acids is 2. The Bertz CT molecular complexity index is 477. The third kappa shape index (κ3) is 2.44. The molecule has 3 nitrogen and oxygen atoms in total. The molecular weight excluding hydrogens is 214 g/mol. The lowest BCUT2D eigenvalue weighted by molar-refractivity contribution is -0.116. The van der Waals surface area contributed by atoms with E-state index in [9.17, 15) is 9.59 Å². The lowest BCUT2D eigenvalue weighted by Crippen LogP contribution is -2.25. The van der Waals surface area contributed by atoms with Crippen molar-refractivity contribution in [1.82, 2.24) is 0 Å². The van der Waals surface area contributed by atoms with Crippen molar-refractivity contribution in [3.63, 3.8) is 0 Å². The van der Waals surface area contributed by atoms with E-state index in [4.69, 9.17) is 0 Å². The Labute approximate surface area is 101 Å². The lowest BCUT2D eigenvalue weighted by atomic mass is 10.1. The van der Waals surface area contributed by atoms with E-state index >= 15 is 0 Å². The first-order valence-corrected chi connectivity index (χ1v) is 5.73. The smallest absolute Gasteiger partial charge is 0.223 e. The molecule has 1 aliphatic rings. The number of benzene rings is 1. The van der Waals surface area contributed by atoms with Crippen molar-refractivity contribution < 1.29 is 9.59 Å². The highest BCUT2D eigenvalue weighted by Gasteiger charge is 2.21. The number of hydrogen-bond donors (Lipinski definition) is 0.